The lowest BCUT2D eigenvalue weighted by Crippen LogP contribution is -2.08. The molecule has 134 valence electrons. The highest BCUT2D eigenvalue weighted by Gasteiger charge is 2.25. The Morgan fingerprint density at radius 1 is 0.958 bits per heavy atom. The average Bonchev–Trinajstić information content (AvgIpc) is 2.56. The maximum Gasteiger partial charge on any atom is 0.360 e. The number of hydrogen-bond acceptors (Lipinski definition) is 6. The largest absolute Gasteiger partial charge is 0.461 e. The summed E-state index contributed by atoms with van der Waals surface area (Å²) in [6, 6.07) is 9.40. The maximum absolute atomic E-state index is 12.3. The van der Waals surface area contributed by atoms with E-state index >= 15 is 0 Å². The monoisotopic (exact) mass is 355 g/mol. The molecule has 24 heavy (non-hydrogen) atoms. The average molecular weight is 355 g/mol. The minimum atomic E-state index is -3.01. The Bertz CT molecular complexity index is 562. The van der Waals surface area contributed by atoms with Gasteiger partial charge in [-0.15, -0.1) is 0 Å². The molecule has 0 bridgehead atoms. The van der Waals surface area contributed by atoms with Crippen molar-refractivity contribution in [1.82, 2.24) is 0 Å². The van der Waals surface area contributed by atoms with Crippen LogP contribution in [0.2, 0.25) is 0 Å². The summed E-state index contributed by atoms with van der Waals surface area (Å²) in [5, 5.41) is 0. The van der Waals surface area contributed by atoms with Crippen molar-refractivity contribution in [2.75, 3.05) is 26.4 Å². The van der Waals surface area contributed by atoms with Gasteiger partial charge >= 0.3 is 13.7 Å². The SMILES string of the molecule is CCOC(=O)/C(=C\c1ccccc1)N=P(OCC)(OCC)OCC. The lowest BCUT2D eigenvalue weighted by Gasteiger charge is -2.22. The van der Waals surface area contributed by atoms with Crippen LogP contribution in [0.15, 0.2) is 40.8 Å². The van der Waals surface area contributed by atoms with E-state index < -0.39 is 13.7 Å². The molecule has 0 fully saturated rings. The van der Waals surface area contributed by atoms with E-state index in [0.29, 0.717) is 19.8 Å². The molecule has 1 aromatic carbocycles. The molecule has 0 saturated heterocycles. The van der Waals surface area contributed by atoms with Crippen molar-refractivity contribution in [1.29, 1.82) is 0 Å². The van der Waals surface area contributed by atoms with Crippen LogP contribution < -0.4 is 0 Å². The molecule has 1 rings (SSSR count). The molecule has 0 aliphatic heterocycles. The first-order valence-electron chi connectivity index (χ1n) is 8.10. The molecule has 0 aliphatic rings. The zero-order valence-corrected chi connectivity index (χ0v) is 15.6. The van der Waals surface area contributed by atoms with E-state index in [2.05, 4.69) is 4.74 Å². The Labute approximate surface area is 144 Å². The van der Waals surface area contributed by atoms with Gasteiger partial charge in [0, 0.05) is 0 Å². The first-order valence-corrected chi connectivity index (χ1v) is 9.60. The van der Waals surface area contributed by atoms with E-state index in [0.717, 1.165) is 5.56 Å². The second-order valence-corrected chi connectivity index (χ2v) is 6.39. The van der Waals surface area contributed by atoms with Gasteiger partial charge in [-0.2, -0.15) is 4.74 Å². The van der Waals surface area contributed by atoms with Crippen molar-refractivity contribution in [3.05, 3.63) is 41.6 Å². The Kier molecular flexibility index (Phi) is 9.57. The molecule has 0 heterocycles. The molecule has 0 aliphatic carbocycles. The fraction of sp³-hybridized carbons (Fsp3) is 0.471. The highest BCUT2D eigenvalue weighted by molar-refractivity contribution is 7.51. The topological polar surface area (TPSA) is 66.4 Å². The molecule has 0 radical (unpaired) electrons. The molecular formula is C17H26NO5P. The highest BCUT2D eigenvalue weighted by atomic mass is 31.2. The van der Waals surface area contributed by atoms with Gasteiger partial charge in [-0.05, 0) is 39.3 Å². The number of benzene rings is 1. The molecule has 0 unspecified atom stereocenters. The number of nitrogens with zero attached hydrogens (tertiary/aromatic N) is 1. The van der Waals surface area contributed by atoms with E-state index in [1.807, 2.05) is 51.1 Å². The van der Waals surface area contributed by atoms with Crippen LogP contribution in [0.1, 0.15) is 33.3 Å². The molecule has 0 amide bonds. The first kappa shape index (κ1) is 20.6. The normalized spacial score (nSPS) is 12.1. The zero-order valence-electron chi connectivity index (χ0n) is 14.7. The smallest absolute Gasteiger partial charge is 0.360 e. The van der Waals surface area contributed by atoms with Crippen LogP contribution in [0.4, 0.5) is 0 Å². The highest BCUT2D eigenvalue weighted by Crippen LogP contribution is 2.54. The molecule has 0 aromatic heterocycles. The Morgan fingerprint density at radius 2 is 1.50 bits per heavy atom. The number of rotatable bonds is 10. The summed E-state index contributed by atoms with van der Waals surface area (Å²) in [4.78, 5) is 12.3. The fourth-order valence-corrected chi connectivity index (χ4v) is 3.64. The van der Waals surface area contributed by atoms with Crippen molar-refractivity contribution < 1.29 is 23.1 Å². The van der Waals surface area contributed by atoms with Gasteiger partial charge in [0.05, 0.1) is 26.4 Å². The molecule has 0 saturated carbocycles. The van der Waals surface area contributed by atoms with Crippen LogP contribution in [0.25, 0.3) is 6.08 Å². The second kappa shape index (κ2) is 11.2. The summed E-state index contributed by atoms with van der Waals surface area (Å²) in [5.74, 6) is -0.537. The van der Waals surface area contributed by atoms with Crippen molar-refractivity contribution in [2.24, 2.45) is 4.74 Å². The third kappa shape index (κ3) is 6.57. The third-order valence-electron chi connectivity index (χ3n) is 2.69. The van der Waals surface area contributed by atoms with E-state index in [9.17, 15) is 4.79 Å². The van der Waals surface area contributed by atoms with Crippen molar-refractivity contribution in [3.8, 4) is 0 Å². The molecule has 0 N–H and O–H groups in total. The summed E-state index contributed by atoms with van der Waals surface area (Å²) >= 11 is 0. The van der Waals surface area contributed by atoms with Gasteiger partial charge in [0.2, 0.25) is 0 Å². The van der Waals surface area contributed by atoms with Crippen LogP contribution in [0.5, 0.6) is 0 Å². The van der Waals surface area contributed by atoms with Crippen molar-refractivity contribution in [3.63, 3.8) is 0 Å². The molecule has 7 heteroatoms. The van der Waals surface area contributed by atoms with Crippen molar-refractivity contribution >= 4 is 19.8 Å². The quantitative estimate of drug-likeness (QED) is 0.347. The molecular weight excluding hydrogens is 329 g/mol. The van der Waals surface area contributed by atoms with Crippen LogP contribution >= 0.6 is 7.74 Å². The van der Waals surface area contributed by atoms with Crippen LogP contribution in [0, 0.1) is 0 Å². The second-order valence-electron chi connectivity index (χ2n) is 4.48. The molecule has 6 nitrogen and oxygen atoms in total. The van der Waals surface area contributed by atoms with E-state index in [-0.39, 0.29) is 12.3 Å². The minimum absolute atomic E-state index is 0.117. The predicted molar refractivity (Wildman–Crippen MR) is 95.3 cm³/mol. The number of esters is 1. The van der Waals surface area contributed by atoms with E-state index in [1.54, 1.807) is 13.0 Å². The number of hydrogen-bond donors (Lipinski definition) is 0. The van der Waals surface area contributed by atoms with Gasteiger partial charge in [-0.25, -0.2) is 4.79 Å². The summed E-state index contributed by atoms with van der Waals surface area (Å²) in [6.45, 7) is 8.56. The molecule has 0 spiro atoms. The Morgan fingerprint density at radius 3 is 1.96 bits per heavy atom. The molecule has 0 atom stereocenters. The lowest BCUT2D eigenvalue weighted by molar-refractivity contribution is -0.138. The first-order chi connectivity index (χ1) is 11.6. The van der Waals surface area contributed by atoms with Gasteiger partial charge in [-0.3, -0.25) is 0 Å². The van der Waals surface area contributed by atoms with Crippen LogP contribution in [-0.2, 0) is 23.1 Å². The zero-order chi connectivity index (χ0) is 17.8. The lowest BCUT2D eigenvalue weighted by atomic mass is 10.2. The number of carbonyl (C=O) groups is 1. The Balaban J connectivity index is 3.38. The van der Waals surface area contributed by atoms with Gasteiger partial charge in [0.1, 0.15) is 0 Å². The van der Waals surface area contributed by atoms with Crippen LogP contribution in [0.3, 0.4) is 0 Å². The fourth-order valence-electron chi connectivity index (χ4n) is 1.86. The molecule has 1 aromatic rings. The third-order valence-corrected chi connectivity index (χ3v) is 4.91. The maximum atomic E-state index is 12.3. The van der Waals surface area contributed by atoms with Gasteiger partial charge in [0.15, 0.2) is 5.70 Å². The number of ether oxygens (including phenoxy) is 1. The standard InChI is InChI=1S/C17H26NO5P/c1-5-20-17(19)16(14-15-12-10-9-11-13-15)18-24(21-6-2,22-7-3)23-8-4/h9-14H,5-8H2,1-4H3/b16-14+. The predicted octanol–water partition coefficient (Wildman–Crippen LogP) is 4.65. The Hall–Kier alpha value is -1.46. The van der Waals surface area contributed by atoms with Gasteiger partial charge < -0.3 is 18.3 Å². The van der Waals surface area contributed by atoms with E-state index in [1.165, 1.54) is 0 Å². The summed E-state index contributed by atoms with van der Waals surface area (Å²) < 4.78 is 26.5. The summed E-state index contributed by atoms with van der Waals surface area (Å²) in [6.07, 6.45) is 1.64. The summed E-state index contributed by atoms with van der Waals surface area (Å²) in [7, 11) is -3.01. The van der Waals surface area contributed by atoms with Crippen molar-refractivity contribution in [2.45, 2.75) is 27.7 Å². The van der Waals surface area contributed by atoms with Crippen LogP contribution in [-0.4, -0.2) is 32.4 Å². The van der Waals surface area contributed by atoms with E-state index in [4.69, 9.17) is 18.3 Å². The van der Waals surface area contributed by atoms with Gasteiger partial charge in [0.25, 0.3) is 0 Å². The number of carbonyl (C=O) groups excluding carboxylic acids is 1. The van der Waals surface area contributed by atoms with Gasteiger partial charge in [-0.1, -0.05) is 30.3 Å². The summed E-state index contributed by atoms with van der Waals surface area (Å²) in [5.41, 5.74) is 0.943. The minimum Gasteiger partial charge on any atom is -0.461 e.